The van der Waals surface area contributed by atoms with Gasteiger partial charge < -0.3 is 9.80 Å². The van der Waals surface area contributed by atoms with Crippen LogP contribution < -0.4 is 0 Å². The third-order valence-electron chi connectivity index (χ3n) is 2.91. The Kier molecular flexibility index (Phi) is 4.85. The molecule has 0 spiro atoms. The van der Waals surface area contributed by atoms with Crippen LogP contribution in [0.1, 0.15) is 46.0 Å². The lowest BCUT2D eigenvalue weighted by Gasteiger charge is -2.30. The Morgan fingerprint density at radius 3 is 2.50 bits per heavy atom. The van der Waals surface area contributed by atoms with Crippen molar-refractivity contribution in [3.63, 3.8) is 0 Å². The molecule has 0 fully saturated rings. The third kappa shape index (κ3) is 2.93. The van der Waals surface area contributed by atoms with Crippen LogP contribution in [0.4, 0.5) is 0 Å². The minimum Gasteiger partial charge on any atom is -0.359 e. The van der Waals surface area contributed by atoms with Crippen molar-refractivity contribution < 1.29 is 0 Å². The van der Waals surface area contributed by atoms with Gasteiger partial charge in [-0.2, -0.15) is 0 Å². The van der Waals surface area contributed by atoms with E-state index in [-0.39, 0.29) is 0 Å². The van der Waals surface area contributed by atoms with Crippen molar-refractivity contribution in [3.05, 3.63) is 12.4 Å². The second-order valence-electron chi connectivity index (χ2n) is 4.18. The van der Waals surface area contributed by atoms with E-state index in [0.717, 1.165) is 0 Å². The van der Waals surface area contributed by atoms with E-state index in [9.17, 15) is 0 Å². The molecule has 0 bridgehead atoms. The summed E-state index contributed by atoms with van der Waals surface area (Å²) >= 11 is 0. The lowest BCUT2D eigenvalue weighted by molar-refractivity contribution is 0.162. The number of hydrogen-bond acceptors (Lipinski definition) is 2. The van der Waals surface area contributed by atoms with Crippen molar-refractivity contribution in [2.24, 2.45) is 0 Å². The first-order chi connectivity index (χ1) is 6.79. The minimum atomic E-state index is 0.622. The van der Waals surface area contributed by atoms with Crippen molar-refractivity contribution in [2.45, 2.75) is 52.1 Å². The lowest BCUT2D eigenvalue weighted by Crippen LogP contribution is -2.36. The Morgan fingerprint density at radius 1 is 1.07 bits per heavy atom. The fourth-order valence-electron chi connectivity index (χ4n) is 2.02. The Labute approximate surface area is 88.6 Å². The van der Waals surface area contributed by atoms with E-state index in [2.05, 4.69) is 43.1 Å². The average Bonchev–Trinajstić information content (AvgIpc) is 2.51. The van der Waals surface area contributed by atoms with Crippen LogP contribution in [0.3, 0.4) is 0 Å². The standard InChI is InChI=1S/C12H24N2/c1-4-6-7-9-14-11-10-13(3)12(14)8-5-2/h10-12H,4-9H2,1-3H3. The number of hydrogen-bond donors (Lipinski definition) is 0. The maximum Gasteiger partial charge on any atom is 0.100 e. The van der Waals surface area contributed by atoms with Gasteiger partial charge in [-0.25, -0.2) is 0 Å². The van der Waals surface area contributed by atoms with Gasteiger partial charge in [-0.05, 0) is 12.8 Å². The Bertz CT molecular complexity index is 177. The second-order valence-corrected chi connectivity index (χ2v) is 4.18. The molecule has 14 heavy (non-hydrogen) atoms. The van der Waals surface area contributed by atoms with E-state index in [0.29, 0.717) is 6.17 Å². The first kappa shape index (κ1) is 11.4. The minimum absolute atomic E-state index is 0.622. The van der Waals surface area contributed by atoms with Crippen molar-refractivity contribution in [3.8, 4) is 0 Å². The van der Waals surface area contributed by atoms with Crippen LogP contribution in [0, 0.1) is 0 Å². The fraction of sp³-hybridized carbons (Fsp3) is 0.833. The van der Waals surface area contributed by atoms with Crippen molar-refractivity contribution >= 4 is 0 Å². The zero-order valence-electron chi connectivity index (χ0n) is 9.87. The van der Waals surface area contributed by atoms with Gasteiger partial charge in [-0.1, -0.05) is 33.1 Å². The summed E-state index contributed by atoms with van der Waals surface area (Å²) in [5.74, 6) is 0. The zero-order valence-corrected chi connectivity index (χ0v) is 9.87. The quantitative estimate of drug-likeness (QED) is 0.602. The maximum atomic E-state index is 2.49. The van der Waals surface area contributed by atoms with Crippen LogP contribution in [-0.4, -0.2) is 29.6 Å². The highest BCUT2D eigenvalue weighted by atomic mass is 15.4. The molecule has 1 unspecified atom stereocenters. The smallest absolute Gasteiger partial charge is 0.100 e. The Balaban J connectivity index is 2.31. The molecule has 2 nitrogen and oxygen atoms in total. The van der Waals surface area contributed by atoms with Gasteiger partial charge in [0.2, 0.25) is 0 Å². The molecule has 2 heteroatoms. The van der Waals surface area contributed by atoms with Crippen LogP contribution in [0.5, 0.6) is 0 Å². The third-order valence-corrected chi connectivity index (χ3v) is 2.91. The highest BCUT2D eigenvalue weighted by Gasteiger charge is 2.21. The van der Waals surface area contributed by atoms with Crippen LogP contribution in [0.15, 0.2) is 12.4 Å². The van der Waals surface area contributed by atoms with Crippen molar-refractivity contribution in [1.29, 1.82) is 0 Å². The van der Waals surface area contributed by atoms with Gasteiger partial charge in [-0.15, -0.1) is 0 Å². The molecule has 0 saturated carbocycles. The van der Waals surface area contributed by atoms with E-state index >= 15 is 0 Å². The predicted molar refractivity (Wildman–Crippen MR) is 61.8 cm³/mol. The molecular weight excluding hydrogens is 172 g/mol. The van der Waals surface area contributed by atoms with Gasteiger partial charge in [0.15, 0.2) is 0 Å². The molecule has 0 aromatic heterocycles. The molecule has 1 aliphatic heterocycles. The molecule has 0 amide bonds. The fourth-order valence-corrected chi connectivity index (χ4v) is 2.02. The summed E-state index contributed by atoms with van der Waals surface area (Å²) in [6.07, 6.45) is 11.6. The lowest BCUT2D eigenvalue weighted by atomic mass is 10.2. The number of nitrogens with zero attached hydrogens (tertiary/aromatic N) is 2. The summed E-state index contributed by atoms with van der Waals surface area (Å²) in [5.41, 5.74) is 0. The van der Waals surface area contributed by atoms with E-state index in [1.807, 2.05) is 0 Å². The highest BCUT2D eigenvalue weighted by Crippen LogP contribution is 2.18. The zero-order chi connectivity index (χ0) is 10.4. The van der Waals surface area contributed by atoms with Crippen LogP contribution in [-0.2, 0) is 0 Å². The van der Waals surface area contributed by atoms with Crippen LogP contribution in [0.25, 0.3) is 0 Å². The van der Waals surface area contributed by atoms with Gasteiger partial charge >= 0.3 is 0 Å². The molecule has 0 saturated heterocycles. The van der Waals surface area contributed by atoms with Crippen LogP contribution >= 0.6 is 0 Å². The summed E-state index contributed by atoms with van der Waals surface area (Å²) in [6.45, 7) is 5.74. The van der Waals surface area contributed by atoms with Crippen molar-refractivity contribution in [2.75, 3.05) is 13.6 Å². The molecule has 1 atom stereocenters. The highest BCUT2D eigenvalue weighted by molar-refractivity contribution is 4.95. The molecule has 82 valence electrons. The van der Waals surface area contributed by atoms with Gasteiger partial charge in [0.05, 0.1) is 0 Å². The predicted octanol–water partition coefficient (Wildman–Crippen LogP) is 3.02. The molecule has 1 rings (SSSR count). The van der Waals surface area contributed by atoms with Crippen LogP contribution in [0.2, 0.25) is 0 Å². The van der Waals surface area contributed by atoms with E-state index in [1.54, 1.807) is 0 Å². The number of unbranched alkanes of at least 4 members (excludes halogenated alkanes) is 2. The van der Waals surface area contributed by atoms with Gasteiger partial charge in [0, 0.05) is 26.0 Å². The summed E-state index contributed by atoms with van der Waals surface area (Å²) in [4.78, 5) is 4.81. The molecular formula is C12H24N2. The Hall–Kier alpha value is -0.660. The average molecular weight is 196 g/mol. The molecule has 0 radical (unpaired) electrons. The summed E-state index contributed by atoms with van der Waals surface area (Å²) in [5, 5.41) is 0. The molecule has 1 aliphatic rings. The van der Waals surface area contributed by atoms with E-state index in [4.69, 9.17) is 0 Å². The normalized spacial score (nSPS) is 20.9. The van der Waals surface area contributed by atoms with E-state index < -0.39 is 0 Å². The van der Waals surface area contributed by atoms with Crippen molar-refractivity contribution in [1.82, 2.24) is 9.80 Å². The first-order valence-electron chi connectivity index (χ1n) is 5.95. The van der Waals surface area contributed by atoms with Gasteiger partial charge in [0.25, 0.3) is 0 Å². The first-order valence-corrected chi connectivity index (χ1v) is 5.95. The summed E-state index contributed by atoms with van der Waals surface area (Å²) in [7, 11) is 2.18. The second kappa shape index (κ2) is 5.94. The monoisotopic (exact) mass is 196 g/mol. The largest absolute Gasteiger partial charge is 0.359 e. The molecule has 0 aliphatic carbocycles. The van der Waals surface area contributed by atoms with Gasteiger partial charge in [0.1, 0.15) is 6.17 Å². The Morgan fingerprint density at radius 2 is 1.86 bits per heavy atom. The maximum absolute atomic E-state index is 2.49. The summed E-state index contributed by atoms with van der Waals surface area (Å²) in [6, 6.07) is 0. The molecule has 0 N–H and O–H groups in total. The molecule has 0 aromatic carbocycles. The topological polar surface area (TPSA) is 6.48 Å². The van der Waals surface area contributed by atoms with E-state index in [1.165, 1.54) is 38.6 Å². The number of rotatable bonds is 6. The van der Waals surface area contributed by atoms with Gasteiger partial charge in [-0.3, -0.25) is 0 Å². The SMILES string of the molecule is CCCCCN1C=CN(C)C1CCC. The molecule has 1 heterocycles. The molecule has 0 aromatic rings. The summed E-state index contributed by atoms with van der Waals surface area (Å²) < 4.78 is 0.